The van der Waals surface area contributed by atoms with E-state index in [0.29, 0.717) is 72.8 Å². The van der Waals surface area contributed by atoms with E-state index in [-0.39, 0.29) is 65.6 Å². The van der Waals surface area contributed by atoms with Crippen molar-refractivity contribution in [1.29, 1.82) is 0 Å². The number of alkyl halides is 6. The zero-order valence-corrected chi connectivity index (χ0v) is 50.2. The number of nitrogens with zero attached hydrogens (tertiary/aromatic N) is 10. The monoisotopic (exact) mass is 1400 g/mol. The van der Waals surface area contributed by atoms with Crippen molar-refractivity contribution in [2.45, 2.75) is 145 Å². The Labute approximate surface area is 534 Å². The summed E-state index contributed by atoms with van der Waals surface area (Å²) in [5, 5.41) is 47.2. The first kappa shape index (κ1) is 68.2. The molecule has 92 heavy (non-hydrogen) atoms. The Bertz CT molecular complexity index is 3760. The first-order valence-electron chi connectivity index (χ1n) is 28.8. The predicted molar refractivity (Wildman–Crippen MR) is 322 cm³/mol. The van der Waals surface area contributed by atoms with Crippen molar-refractivity contribution in [2.75, 3.05) is 37.6 Å². The van der Waals surface area contributed by atoms with Crippen molar-refractivity contribution >= 4 is 80.6 Å². The SMILES string of the molecule is C.C#CCC1CCN(C(=O)Oc2cccc(C(F)(F)F)c2)CC1.Nc1nc(C#CCC2CCN(C(=O)Oc3cccc(C(F)(F)F)c3)CC2)nc2c1ncn2[C@@H]1O[C@H](C(=O)NC2CC2)C(O)[C@@H]1O.Nc1nc(I)nc2c1ncn2[C@@H]1O[C@H](C(=O)NC2CC2)C(O)[C@@H]1O. The summed E-state index contributed by atoms with van der Waals surface area (Å²) in [5.74, 6) is 8.19. The van der Waals surface area contributed by atoms with Crippen molar-refractivity contribution in [2.24, 2.45) is 11.8 Å². The van der Waals surface area contributed by atoms with Gasteiger partial charge in [0.15, 0.2) is 51.4 Å². The summed E-state index contributed by atoms with van der Waals surface area (Å²) >= 11 is 1.91. The van der Waals surface area contributed by atoms with Gasteiger partial charge in [-0.15, -0.1) is 12.3 Å². The third-order valence-electron chi connectivity index (χ3n) is 15.7. The van der Waals surface area contributed by atoms with Gasteiger partial charge in [-0.1, -0.05) is 25.5 Å². The van der Waals surface area contributed by atoms with Crippen molar-refractivity contribution in [3.8, 4) is 35.7 Å². The number of nitrogen functional groups attached to an aromatic ring is 2. The van der Waals surface area contributed by atoms with Crippen LogP contribution in [0.1, 0.15) is 101 Å². The van der Waals surface area contributed by atoms with Gasteiger partial charge in [-0.2, -0.15) is 26.3 Å². The molecule has 492 valence electrons. The van der Waals surface area contributed by atoms with E-state index in [1.54, 1.807) is 0 Å². The van der Waals surface area contributed by atoms with Crippen LogP contribution in [0.5, 0.6) is 11.5 Å². The number of hydrogen-bond donors (Lipinski definition) is 8. The fourth-order valence-corrected chi connectivity index (χ4v) is 10.9. The minimum absolute atomic E-state index is 0. The number of ether oxygens (including phenoxy) is 4. The highest BCUT2D eigenvalue weighted by molar-refractivity contribution is 14.1. The van der Waals surface area contributed by atoms with E-state index in [4.69, 9.17) is 36.8 Å². The van der Waals surface area contributed by atoms with Gasteiger partial charge in [0.1, 0.15) is 46.9 Å². The molecule has 2 unspecified atom stereocenters. The number of carbonyl (C=O) groups is 4. The fourth-order valence-electron chi connectivity index (χ4n) is 10.4. The summed E-state index contributed by atoms with van der Waals surface area (Å²) in [5.41, 5.74) is 11.4. The van der Waals surface area contributed by atoms with Crippen LogP contribution in [0, 0.1) is 39.9 Å². The van der Waals surface area contributed by atoms with Crippen LogP contribution >= 0.6 is 22.6 Å². The van der Waals surface area contributed by atoms with Gasteiger partial charge in [-0.3, -0.25) is 18.7 Å². The number of rotatable bonds is 10. The lowest BCUT2D eigenvalue weighted by Crippen LogP contribution is -2.43. The molecule has 8 heterocycles. The molecular formula is C59H65F6IN14O12. The van der Waals surface area contributed by atoms with Gasteiger partial charge in [0.25, 0.3) is 11.8 Å². The quantitative estimate of drug-likeness (QED) is 0.0365. The van der Waals surface area contributed by atoms with Crippen molar-refractivity contribution in [1.82, 2.24) is 59.5 Å². The molecule has 12 rings (SSSR count). The number of aliphatic hydroxyl groups is 4. The highest BCUT2D eigenvalue weighted by Crippen LogP contribution is 2.37. The number of anilines is 2. The Kier molecular flexibility index (Phi) is 21.3. The van der Waals surface area contributed by atoms with Crippen LogP contribution in [-0.4, -0.2) is 168 Å². The number of fused-ring (bicyclic) bond motifs is 2. The minimum atomic E-state index is -4.54. The van der Waals surface area contributed by atoms with Gasteiger partial charge in [0, 0.05) is 73.7 Å². The maximum absolute atomic E-state index is 13.0. The number of piperidine rings is 2. The number of benzene rings is 2. The van der Waals surface area contributed by atoms with Gasteiger partial charge in [0.05, 0.1) is 23.8 Å². The minimum Gasteiger partial charge on any atom is -0.410 e. The second-order valence-electron chi connectivity index (χ2n) is 22.4. The van der Waals surface area contributed by atoms with Crippen LogP contribution in [0.3, 0.4) is 0 Å². The molecule has 26 nitrogen and oxygen atoms in total. The Morgan fingerprint density at radius 2 is 1.05 bits per heavy atom. The van der Waals surface area contributed by atoms with Crippen LogP contribution in [-0.2, 0) is 31.4 Å². The maximum Gasteiger partial charge on any atom is 0.416 e. The summed E-state index contributed by atoms with van der Waals surface area (Å²) in [6, 6.07) is 8.66. The van der Waals surface area contributed by atoms with Crippen LogP contribution in [0.25, 0.3) is 22.3 Å². The molecule has 6 fully saturated rings. The summed E-state index contributed by atoms with van der Waals surface area (Å²) in [6.45, 7) is 1.72. The average molecular weight is 1400 g/mol. The van der Waals surface area contributed by atoms with Gasteiger partial charge in [-0.05, 0) is 106 Å². The molecule has 10 N–H and O–H groups in total. The molecular weight excluding hydrogens is 1340 g/mol. The van der Waals surface area contributed by atoms with Crippen LogP contribution < -0.4 is 31.6 Å². The molecule has 2 aliphatic carbocycles. The molecule has 6 aliphatic rings. The second-order valence-corrected chi connectivity index (χ2v) is 23.4. The zero-order chi connectivity index (χ0) is 65.1. The molecule has 2 aromatic carbocycles. The third kappa shape index (κ3) is 16.3. The average Bonchev–Trinajstić information content (AvgIpc) is 1.66. The number of likely N-dealkylation sites (tertiary alicyclic amines) is 2. The lowest BCUT2D eigenvalue weighted by Gasteiger charge is -2.30. The number of hydrogen-bond acceptors (Lipinski definition) is 20. The summed E-state index contributed by atoms with van der Waals surface area (Å²) in [6.07, 6.45) is -5.00. The zero-order valence-electron chi connectivity index (χ0n) is 48.0. The van der Waals surface area contributed by atoms with E-state index >= 15 is 0 Å². The van der Waals surface area contributed by atoms with Crippen LogP contribution in [0.4, 0.5) is 47.6 Å². The number of nitrogens with two attached hydrogens (primary N) is 2. The van der Waals surface area contributed by atoms with E-state index in [1.165, 1.54) is 55.9 Å². The molecule has 0 spiro atoms. The number of imidazole rings is 2. The van der Waals surface area contributed by atoms with Crippen LogP contribution in [0.15, 0.2) is 61.2 Å². The molecule has 4 aromatic heterocycles. The first-order valence-corrected chi connectivity index (χ1v) is 29.9. The first-order chi connectivity index (χ1) is 43.3. The normalized spacial score (nSPS) is 23.4. The predicted octanol–water partition coefficient (Wildman–Crippen LogP) is 5.46. The summed E-state index contributed by atoms with van der Waals surface area (Å²) in [4.78, 5) is 77.3. The molecule has 4 saturated heterocycles. The molecule has 4 aliphatic heterocycles. The standard InChI is InChI=1S/C29H30F3N7O6.C16H16F3NO2.C13H15IN6O4.CH4/c30-29(31,32)16-4-2-5-18(13-16)44-28(43)38-11-9-15(10-12-38)3-1-6-19-36-24(33)20-25(37-19)39(14-34-20)27-22(41)21(40)23(45-27)26(42)35-17-7-8-17;1-2-4-12-7-9-20(10-8-12)15(21)22-14-6-3-5-13(11-14)16(17,18)19;14-13-18-9(15)5-10(19-13)20(3-16-5)12-7(22)6(21)8(24-12)11(23)17-4-1-2-4;/h2,4-5,13-15,17,21-23,27,40-41H,3,7-12H2,(H,35,42)(H2,33,36,37);1,3,5-6,11-12H,4,7-10H2;3-4,6-8,12,21-22H,1-2H2,(H,17,23)(H2,15,18,19);1H4/t21?,22-,23-,27+;;6?,7-,8-,12+;/m0.0./s1. The molecule has 6 aromatic rings. The Morgan fingerprint density at radius 3 is 1.48 bits per heavy atom. The molecule has 33 heteroatoms. The van der Waals surface area contributed by atoms with Gasteiger partial charge >= 0.3 is 24.5 Å². The highest BCUT2D eigenvalue weighted by atomic mass is 127. The van der Waals surface area contributed by atoms with E-state index in [1.807, 2.05) is 22.6 Å². The Morgan fingerprint density at radius 1 is 0.630 bits per heavy atom. The summed E-state index contributed by atoms with van der Waals surface area (Å²) < 4.78 is 101. The Hall–Kier alpha value is -8.19. The maximum atomic E-state index is 13.0. The van der Waals surface area contributed by atoms with E-state index in [9.17, 15) is 65.9 Å². The lowest BCUT2D eigenvalue weighted by molar-refractivity contribution is -0.138. The lowest BCUT2D eigenvalue weighted by atomic mass is 9.94. The van der Waals surface area contributed by atoms with Crippen molar-refractivity contribution in [3.63, 3.8) is 0 Å². The second kappa shape index (κ2) is 28.8. The van der Waals surface area contributed by atoms with Gasteiger partial charge in [0.2, 0.25) is 5.82 Å². The number of carbonyl (C=O) groups excluding carboxylic acids is 4. The topological polar surface area (TPSA) is 356 Å². The molecule has 2 saturated carbocycles. The number of terminal acetylenes is 1. The number of aliphatic hydroxyl groups excluding tert-OH is 4. The molecule has 0 radical (unpaired) electrons. The van der Waals surface area contributed by atoms with Gasteiger partial charge in [-0.25, -0.2) is 39.5 Å². The molecule has 0 bridgehead atoms. The van der Waals surface area contributed by atoms with Crippen molar-refractivity contribution < 1.29 is 84.9 Å². The Balaban J connectivity index is 0.000000179. The number of aromatic nitrogens is 8. The van der Waals surface area contributed by atoms with Crippen molar-refractivity contribution in [3.05, 3.63) is 82.0 Å². The van der Waals surface area contributed by atoms with E-state index < -0.39 is 96.6 Å². The number of amides is 4. The highest BCUT2D eigenvalue weighted by Gasteiger charge is 2.50. The third-order valence-corrected chi connectivity index (χ3v) is 16.2. The number of nitrogens with one attached hydrogen (secondary N) is 2. The van der Waals surface area contributed by atoms with E-state index in [0.717, 1.165) is 62.8 Å². The van der Waals surface area contributed by atoms with Crippen LogP contribution in [0.2, 0.25) is 0 Å². The summed E-state index contributed by atoms with van der Waals surface area (Å²) in [7, 11) is 0. The smallest absolute Gasteiger partial charge is 0.410 e. The van der Waals surface area contributed by atoms with Gasteiger partial charge < -0.3 is 71.3 Å². The molecule has 4 amide bonds. The van der Waals surface area contributed by atoms with E-state index in [2.05, 4.69) is 58.3 Å². The number of halogens is 7. The molecule has 8 atom stereocenters. The fraction of sp³-hybridized carbons (Fsp3) is 0.492. The largest absolute Gasteiger partial charge is 0.416 e.